The molecular weight excluding hydrogens is 316 g/mol. The molecule has 2 aliphatic heterocycles. The molecule has 5 heteroatoms. The van der Waals surface area contributed by atoms with Crippen LogP contribution in [0.15, 0.2) is 30.3 Å². The van der Waals surface area contributed by atoms with Crippen molar-refractivity contribution in [2.75, 3.05) is 39.4 Å². The lowest BCUT2D eigenvalue weighted by molar-refractivity contribution is -0.144. The fraction of sp³-hybridized carbons (Fsp3) is 0.650. The van der Waals surface area contributed by atoms with Crippen LogP contribution in [0.2, 0.25) is 0 Å². The largest absolute Gasteiger partial charge is 0.350 e. The van der Waals surface area contributed by atoms with E-state index in [1.165, 1.54) is 0 Å². The summed E-state index contributed by atoms with van der Waals surface area (Å²) in [6.45, 7) is 8.84. The quantitative estimate of drug-likeness (QED) is 0.794. The molecule has 1 aromatic rings. The van der Waals surface area contributed by atoms with Crippen LogP contribution in [0.5, 0.6) is 0 Å². The number of amides is 1. The van der Waals surface area contributed by atoms with Crippen LogP contribution >= 0.6 is 0 Å². The number of hydrogen-bond acceptors (Lipinski definition) is 4. The highest BCUT2D eigenvalue weighted by Crippen LogP contribution is 2.29. The number of nitrogens with zero attached hydrogens (tertiary/aromatic N) is 2. The molecule has 2 aliphatic rings. The molecule has 2 heterocycles. The van der Waals surface area contributed by atoms with Gasteiger partial charge in [-0.1, -0.05) is 44.2 Å². The van der Waals surface area contributed by atoms with Gasteiger partial charge in [-0.2, -0.15) is 0 Å². The van der Waals surface area contributed by atoms with Crippen LogP contribution in [-0.4, -0.2) is 61.4 Å². The zero-order valence-electron chi connectivity index (χ0n) is 15.4. The Balaban J connectivity index is 1.76. The fourth-order valence-corrected chi connectivity index (χ4v) is 3.99. The molecule has 5 nitrogen and oxygen atoms in total. The molecule has 2 fully saturated rings. The summed E-state index contributed by atoms with van der Waals surface area (Å²) < 4.78 is 11.4. The van der Waals surface area contributed by atoms with Crippen LogP contribution < -0.4 is 0 Å². The average molecular weight is 346 g/mol. The van der Waals surface area contributed by atoms with Crippen LogP contribution in [0.25, 0.3) is 0 Å². The first-order valence-corrected chi connectivity index (χ1v) is 9.55. The van der Waals surface area contributed by atoms with Gasteiger partial charge in [0.15, 0.2) is 6.29 Å². The number of likely N-dealkylation sites (N-methyl/N-ethyl adjacent to an activating group) is 1. The Labute approximate surface area is 150 Å². The Hall–Kier alpha value is -1.43. The van der Waals surface area contributed by atoms with E-state index in [1.807, 2.05) is 23.1 Å². The Morgan fingerprint density at radius 3 is 2.52 bits per heavy atom. The summed E-state index contributed by atoms with van der Waals surface area (Å²) in [6, 6.07) is 9.94. The normalized spacial score (nSPS) is 23.2. The predicted octanol–water partition coefficient (Wildman–Crippen LogP) is 2.68. The highest BCUT2D eigenvalue weighted by atomic mass is 16.7. The summed E-state index contributed by atoms with van der Waals surface area (Å²) in [5.74, 6) is 0.492. The molecule has 2 saturated heterocycles. The van der Waals surface area contributed by atoms with E-state index < -0.39 is 0 Å². The minimum Gasteiger partial charge on any atom is -0.350 e. The first-order chi connectivity index (χ1) is 12.2. The molecule has 0 saturated carbocycles. The molecule has 2 unspecified atom stereocenters. The molecule has 3 rings (SSSR count). The summed E-state index contributed by atoms with van der Waals surface area (Å²) in [4.78, 5) is 17.7. The molecule has 138 valence electrons. The van der Waals surface area contributed by atoms with Crippen LogP contribution in [0.4, 0.5) is 0 Å². The summed E-state index contributed by atoms with van der Waals surface area (Å²) in [6.07, 6.45) is 1.94. The van der Waals surface area contributed by atoms with Crippen molar-refractivity contribution in [3.63, 3.8) is 0 Å². The zero-order chi connectivity index (χ0) is 17.6. The van der Waals surface area contributed by atoms with E-state index >= 15 is 0 Å². The standard InChI is InChI=1S/C20H30N2O3/c1-3-21(4-2)18(16-9-6-5-7-10-16)19(23)22-12-8-11-17(15-22)20-24-13-14-25-20/h5-7,9-10,17-18,20H,3-4,8,11-15H2,1-2H3. The third-order valence-electron chi connectivity index (χ3n) is 5.33. The van der Waals surface area contributed by atoms with Gasteiger partial charge in [0, 0.05) is 19.0 Å². The lowest BCUT2D eigenvalue weighted by Crippen LogP contribution is -2.48. The van der Waals surface area contributed by atoms with Crippen molar-refractivity contribution in [2.24, 2.45) is 5.92 Å². The summed E-state index contributed by atoms with van der Waals surface area (Å²) in [7, 11) is 0. The maximum absolute atomic E-state index is 13.4. The molecule has 1 aromatic carbocycles. The second-order valence-corrected chi connectivity index (χ2v) is 6.83. The van der Waals surface area contributed by atoms with Gasteiger partial charge in [-0.25, -0.2) is 0 Å². The molecule has 0 bridgehead atoms. The second kappa shape index (κ2) is 8.79. The lowest BCUT2D eigenvalue weighted by Gasteiger charge is -2.39. The minimum absolute atomic E-state index is 0.140. The Morgan fingerprint density at radius 1 is 1.20 bits per heavy atom. The van der Waals surface area contributed by atoms with Crippen LogP contribution in [0.3, 0.4) is 0 Å². The topological polar surface area (TPSA) is 42.0 Å². The van der Waals surface area contributed by atoms with Gasteiger partial charge < -0.3 is 14.4 Å². The van der Waals surface area contributed by atoms with Gasteiger partial charge in [0.25, 0.3) is 0 Å². The highest BCUT2D eigenvalue weighted by molar-refractivity contribution is 5.83. The molecule has 0 N–H and O–H groups in total. The number of rotatable bonds is 6. The Morgan fingerprint density at radius 2 is 1.88 bits per heavy atom. The van der Waals surface area contributed by atoms with Gasteiger partial charge >= 0.3 is 0 Å². The van der Waals surface area contributed by atoms with Gasteiger partial charge in [-0.15, -0.1) is 0 Å². The van der Waals surface area contributed by atoms with Gasteiger partial charge in [-0.05, 0) is 31.5 Å². The molecular formula is C20H30N2O3. The fourth-order valence-electron chi connectivity index (χ4n) is 3.99. The van der Waals surface area contributed by atoms with Crippen molar-refractivity contribution < 1.29 is 14.3 Å². The Bertz CT molecular complexity index is 541. The molecule has 25 heavy (non-hydrogen) atoms. The number of ether oxygens (including phenoxy) is 2. The van der Waals surface area contributed by atoms with Crippen molar-refractivity contribution in [1.82, 2.24) is 9.80 Å². The monoisotopic (exact) mass is 346 g/mol. The predicted molar refractivity (Wildman–Crippen MR) is 97.1 cm³/mol. The SMILES string of the molecule is CCN(CC)C(C(=O)N1CCCC(C2OCCO2)C1)c1ccccc1. The summed E-state index contributed by atoms with van der Waals surface area (Å²) in [5.41, 5.74) is 1.08. The smallest absolute Gasteiger partial charge is 0.244 e. The number of benzene rings is 1. The van der Waals surface area contributed by atoms with E-state index in [1.54, 1.807) is 0 Å². The number of likely N-dealkylation sites (tertiary alicyclic amines) is 1. The zero-order valence-corrected chi connectivity index (χ0v) is 15.4. The molecule has 0 aromatic heterocycles. The van der Waals surface area contributed by atoms with Crippen LogP contribution in [-0.2, 0) is 14.3 Å². The number of carbonyl (C=O) groups is 1. The number of piperidine rings is 1. The minimum atomic E-state index is -0.208. The van der Waals surface area contributed by atoms with Crippen molar-refractivity contribution >= 4 is 5.91 Å². The van der Waals surface area contributed by atoms with Crippen molar-refractivity contribution in [3.05, 3.63) is 35.9 Å². The summed E-state index contributed by atoms with van der Waals surface area (Å²) in [5, 5.41) is 0. The van der Waals surface area contributed by atoms with E-state index in [-0.39, 0.29) is 24.2 Å². The van der Waals surface area contributed by atoms with E-state index in [4.69, 9.17) is 9.47 Å². The van der Waals surface area contributed by atoms with Gasteiger partial charge in [0.1, 0.15) is 6.04 Å². The molecule has 2 atom stereocenters. The van der Waals surface area contributed by atoms with E-state index in [0.29, 0.717) is 13.2 Å². The first-order valence-electron chi connectivity index (χ1n) is 9.55. The number of carbonyl (C=O) groups excluding carboxylic acids is 1. The first kappa shape index (κ1) is 18.4. The van der Waals surface area contributed by atoms with Gasteiger partial charge in [0.05, 0.1) is 13.2 Å². The van der Waals surface area contributed by atoms with Crippen molar-refractivity contribution in [2.45, 2.75) is 39.0 Å². The van der Waals surface area contributed by atoms with Gasteiger partial charge in [-0.3, -0.25) is 9.69 Å². The van der Waals surface area contributed by atoms with E-state index in [0.717, 1.165) is 44.6 Å². The van der Waals surface area contributed by atoms with E-state index in [9.17, 15) is 4.79 Å². The third-order valence-corrected chi connectivity index (χ3v) is 5.33. The molecule has 1 amide bonds. The van der Waals surface area contributed by atoms with Gasteiger partial charge in [0.2, 0.25) is 5.91 Å². The second-order valence-electron chi connectivity index (χ2n) is 6.83. The molecule has 0 aliphatic carbocycles. The maximum Gasteiger partial charge on any atom is 0.244 e. The Kier molecular flexibility index (Phi) is 6.45. The third kappa shape index (κ3) is 4.22. The molecule has 0 radical (unpaired) electrons. The lowest BCUT2D eigenvalue weighted by atomic mass is 9.95. The van der Waals surface area contributed by atoms with E-state index in [2.05, 4.69) is 30.9 Å². The average Bonchev–Trinajstić information content (AvgIpc) is 3.21. The van der Waals surface area contributed by atoms with Crippen molar-refractivity contribution in [1.29, 1.82) is 0 Å². The van der Waals surface area contributed by atoms with Crippen molar-refractivity contribution in [3.8, 4) is 0 Å². The molecule has 0 spiro atoms. The summed E-state index contributed by atoms with van der Waals surface area (Å²) >= 11 is 0. The number of hydrogen-bond donors (Lipinski definition) is 0. The van der Waals surface area contributed by atoms with Crippen LogP contribution in [0, 0.1) is 5.92 Å². The maximum atomic E-state index is 13.4. The van der Waals surface area contributed by atoms with Crippen LogP contribution in [0.1, 0.15) is 38.3 Å². The highest BCUT2D eigenvalue weighted by Gasteiger charge is 2.36.